The number of hydrogen-bond acceptors (Lipinski definition) is 4. The lowest BCUT2D eigenvalue weighted by molar-refractivity contribution is -0.120. The first kappa shape index (κ1) is 23.3. The van der Waals surface area contributed by atoms with Crippen LogP contribution in [0.2, 0.25) is 0 Å². The molecular weight excluding hydrogens is 424 g/mol. The maximum absolute atomic E-state index is 12.7. The molecule has 0 fully saturated rings. The quantitative estimate of drug-likeness (QED) is 0.561. The normalized spacial score (nSPS) is 11.2. The van der Waals surface area contributed by atoms with E-state index in [0.29, 0.717) is 11.4 Å². The zero-order valence-corrected chi connectivity index (χ0v) is 19.8. The molecule has 1 N–H and O–H groups in total. The molecule has 7 heteroatoms. The topological polar surface area (TPSA) is 75.7 Å². The van der Waals surface area contributed by atoms with E-state index < -0.39 is 10.0 Å². The van der Waals surface area contributed by atoms with Gasteiger partial charge in [-0.3, -0.25) is 9.52 Å². The minimum absolute atomic E-state index is 0.115. The number of carbonyl (C=O) groups is 1. The molecule has 3 rings (SSSR count). The minimum atomic E-state index is -3.74. The van der Waals surface area contributed by atoms with E-state index in [9.17, 15) is 13.2 Å². The van der Waals surface area contributed by atoms with Gasteiger partial charge in [-0.1, -0.05) is 18.2 Å². The molecule has 0 saturated carbocycles. The van der Waals surface area contributed by atoms with E-state index in [0.717, 1.165) is 27.9 Å². The Balaban J connectivity index is 1.64. The van der Waals surface area contributed by atoms with Crippen molar-refractivity contribution < 1.29 is 17.9 Å². The van der Waals surface area contributed by atoms with Gasteiger partial charge in [0.25, 0.3) is 15.9 Å². The summed E-state index contributed by atoms with van der Waals surface area (Å²) < 4.78 is 33.7. The van der Waals surface area contributed by atoms with E-state index in [1.54, 1.807) is 30.1 Å². The Labute approximate surface area is 189 Å². The number of carbonyl (C=O) groups excluding carboxylic acids is 1. The molecule has 1 amide bonds. The lowest BCUT2D eigenvalue weighted by atomic mass is 10.1. The summed E-state index contributed by atoms with van der Waals surface area (Å²) >= 11 is 0. The molecule has 0 heterocycles. The van der Waals surface area contributed by atoms with Gasteiger partial charge in [0.1, 0.15) is 5.75 Å². The fourth-order valence-electron chi connectivity index (χ4n) is 3.08. The van der Waals surface area contributed by atoms with E-state index in [-0.39, 0.29) is 17.4 Å². The molecule has 3 aromatic carbocycles. The summed E-state index contributed by atoms with van der Waals surface area (Å²) in [6, 6.07) is 17.4. The second-order valence-electron chi connectivity index (χ2n) is 7.91. The first-order valence-corrected chi connectivity index (χ1v) is 11.7. The van der Waals surface area contributed by atoms with Gasteiger partial charge < -0.3 is 9.64 Å². The van der Waals surface area contributed by atoms with Gasteiger partial charge in [0.15, 0.2) is 6.61 Å². The van der Waals surface area contributed by atoms with Gasteiger partial charge >= 0.3 is 0 Å². The maximum atomic E-state index is 12.7. The third kappa shape index (κ3) is 5.48. The lowest BCUT2D eigenvalue weighted by Crippen LogP contribution is -2.31. The van der Waals surface area contributed by atoms with E-state index in [2.05, 4.69) is 4.72 Å². The van der Waals surface area contributed by atoms with E-state index >= 15 is 0 Å². The second kappa shape index (κ2) is 9.44. The van der Waals surface area contributed by atoms with Crippen molar-refractivity contribution in [1.82, 2.24) is 0 Å². The number of sulfonamides is 1. The average molecular weight is 453 g/mol. The second-order valence-corrected chi connectivity index (χ2v) is 9.59. The number of anilines is 2. The van der Waals surface area contributed by atoms with Crippen LogP contribution in [0.15, 0.2) is 65.6 Å². The lowest BCUT2D eigenvalue weighted by Gasteiger charge is -2.19. The highest BCUT2D eigenvalue weighted by Crippen LogP contribution is 2.23. The molecule has 0 aromatic heterocycles. The number of benzene rings is 3. The molecule has 0 bridgehead atoms. The molecule has 0 aliphatic rings. The summed E-state index contributed by atoms with van der Waals surface area (Å²) in [7, 11) is -2.04. The van der Waals surface area contributed by atoms with Gasteiger partial charge in [-0.15, -0.1) is 0 Å². The third-order valence-corrected chi connectivity index (χ3v) is 6.77. The molecule has 168 valence electrons. The van der Waals surface area contributed by atoms with Crippen LogP contribution in [0.5, 0.6) is 5.75 Å². The Morgan fingerprint density at radius 1 is 0.875 bits per heavy atom. The highest BCUT2D eigenvalue weighted by Gasteiger charge is 2.16. The molecule has 0 saturated heterocycles. The number of aryl methyl sites for hydroxylation is 4. The van der Waals surface area contributed by atoms with Crippen molar-refractivity contribution in [2.45, 2.75) is 32.6 Å². The van der Waals surface area contributed by atoms with Crippen molar-refractivity contribution in [2.75, 3.05) is 23.3 Å². The SMILES string of the molecule is Cc1ccc(C)c(NS(=O)(=O)c2ccc(OCC(=O)N(C)c3ccc(C)c(C)c3)cc2)c1. The van der Waals surface area contributed by atoms with E-state index in [1.807, 2.05) is 58.0 Å². The predicted octanol–water partition coefficient (Wildman–Crippen LogP) is 4.76. The number of amides is 1. The number of ether oxygens (including phenoxy) is 1. The summed E-state index contributed by atoms with van der Waals surface area (Å²) in [5.74, 6) is 0.207. The fraction of sp³-hybridized carbons (Fsp3) is 0.240. The van der Waals surface area contributed by atoms with Crippen LogP contribution in [0.4, 0.5) is 11.4 Å². The van der Waals surface area contributed by atoms with Gasteiger partial charge in [0.05, 0.1) is 10.6 Å². The standard InChI is InChI=1S/C25H28N2O4S/c1-17-6-7-19(3)24(14-17)26-32(29,30)23-12-10-22(11-13-23)31-16-25(28)27(5)21-9-8-18(2)20(4)15-21/h6-15,26H,16H2,1-5H3. The highest BCUT2D eigenvalue weighted by molar-refractivity contribution is 7.92. The third-order valence-electron chi connectivity index (χ3n) is 5.39. The maximum Gasteiger partial charge on any atom is 0.264 e. The number of nitrogens with one attached hydrogen (secondary N) is 1. The highest BCUT2D eigenvalue weighted by atomic mass is 32.2. The van der Waals surface area contributed by atoms with Crippen molar-refractivity contribution in [1.29, 1.82) is 0 Å². The smallest absolute Gasteiger partial charge is 0.264 e. The van der Waals surface area contributed by atoms with Crippen LogP contribution in [0.3, 0.4) is 0 Å². The Morgan fingerprint density at radius 3 is 2.19 bits per heavy atom. The Morgan fingerprint density at radius 2 is 1.53 bits per heavy atom. The van der Waals surface area contributed by atoms with Crippen LogP contribution in [0.25, 0.3) is 0 Å². The summed E-state index contributed by atoms with van der Waals surface area (Å²) in [4.78, 5) is 14.2. The summed E-state index contributed by atoms with van der Waals surface area (Å²) in [5.41, 5.74) is 5.41. The van der Waals surface area contributed by atoms with Crippen molar-refractivity contribution in [3.8, 4) is 5.75 Å². The van der Waals surface area contributed by atoms with Gasteiger partial charge in [0.2, 0.25) is 0 Å². The Kier molecular flexibility index (Phi) is 6.89. The van der Waals surface area contributed by atoms with Gasteiger partial charge in [-0.25, -0.2) is 8.42 Å². The number of nitrogens with zero attached hydrogens (tertiary/aromatic N) is 1. The van der Waals surface area contributed by atoms with Crippen LogP contribution >= 0.6 is 0 Å². The van der Waals surface area contributed by atoms with Crippen molar-refractivity contribution in [2.24, 2.45) is 0 Å². The van der Waals surface area contributed by atoms with Gasteiger partial charge in [-0.05, 0) is 92.4 Å². The predicted molar refractivity (Wildman–Crippen MR) is 128 cm³/mol. The molecule has 3 aromatic rings. The van der Waals surface area contributed by atoms with Crippen molar-refractivity contribution >= 4 is 27.3 Å². The molecular formula is C25H28N2O4S. The van der Waals surface area contributed by atoms with E-state index in [1.165, 1.54) is 12.1 Å². The first-order chi connectivity index (χ1) is 15.1. The van der Waals surface area contributed by atoms with Crippen molar-refractivity contribution in [3.63, 3.8) is 0 Å². The zero-order valence-electron chi connectivity index (χ0n) is 19.0. The first-order valence-electron chi connectivity index (χ1n) is 10.2. The van der Waals surface area contributed by atoms with E-state index in [4.69, 9.17) is 4.74 Å². The Bertz CT molecular complexity index is 1240. The fourth-order valence-corrected chi connectivity index (χ4v) is 4.21. The number of hydrogen-bond donors (Lipinski definition) is 1. The monoisotopic (exact) mass is 452 g/mol. The number of likely N-dealkylation sites (N-methyl/N-ethyl adjacent to an activating group) is 1. The largest absolute Gasteiger partial charge is 0.484 e. The molecule has 0 aliphatic carbocycles. The molecule has 6 nitrogen and oxygen atoms in total. The van der Waals surface area contributed by atoms with Gasteiger partial charge in [-0.2, -0.15) is 0 Å². The number of rotatable bonds is 7. The molecule has 0 unspecified atom stereocenters. The summed E-state index contributed by atoms with van der Waals surface area (Å²) in [6.07, 6.45) is 0. The molecule has 0 spiro atoms. The van der Waals surface area contributed by atoms with Crippen LogP contribution in [-0.4, -0.2) is 28.0 Å². The molecule has 32 heavy (non-hydrogen) atoms. The summed E-state index contributed by atoms with van der Waals surface area (Å²) in [5, 5.41) is 0. The van der Waals surface area contributed by atoms with Crippen LogP contribution in [0, 0.1) is 27.7 Å². The van der Waals surface area contributed by atoms with Crippen LogP contribution in [-0.2, 0) is 14.8 Å². The Hall–Kier alpha value is -3.32. The molecule has 0 atom stereocenters. The van der Waals surface area contributed by atoms with Crippen LogP contribution < -0.4 is 14.4 Å². The summed E-state index contributed by atoms with van der Waals surface area (Å²) in [6.45, 7) is 7.61. The van der Waals surface area contributed by atoms with Gasteiger partial charge in [0, 0.05) is 12.7 Å². The zero-order chi connectivity index (χ0) is 23.5. The van der Waals surface area contributed by atoms with Crippen molar-refractivity contribution in [3.05, 3.63) is 82.9 Å². The average Bonchev–Trinajstić information content (AvgIpc) is 2.76. The van der Waals surface area contributed by atoms with Crippen LogP contribution in [0.1, 0.15) is 22.3 Å². The minimum Gasteiger partial charge on any atom is -0.484 e. The molecule has 0 radical (unpaired) electrons. The molecule has 0 aliphatic heterocycles.